The average Bonchev–Trinajstić information content (AvgIpc) is 1.60. The summed E-state index contributed by atoms with van der Waals surface area (Å²) in [5, 5.41) is 0. The third-order valence-electron chi connectivity index (χ3n) is 1.96. The second-order valence-electron chi connectivity index (χ2n) is 3.27. The first-order valence-corrected chi connectivity index (χ1v) is 3.55. The van der Waals surface area contributed by atoms with E-state index < -0.39 is 5.67 Å². The van der Waals surface area contributed by atoms with E-state index in [0.29, 0.717) is 12.8 Å². The summed E-state index contributed by atoms with van der Waals surface area (Å²) in [6, 6.07) is 0.105. The Hall–Kier alpha value is -0.110. The van der Waals surface area contributed by atoms with Crippen LogP contribution < -0.4 is 5.73 Å². The van der Waals surface area contributed by atoms with Crippen LogP contribution >= 0.6 is 0 Å². The van der Waals surface area contributed by atoms with Gasteiger partial charge in [0, 0.05) is 6.04 Å². The van der Waals surface area contributed by atoms with Gasteiger partial charge in [0.15, 0.2) is 0 Å². The molecule has 1 rings (SSSR count). The predicted octanol–water partition coefficient (Wildman–Crippen LogP) is 1.62. The number of nitrogens with two attached hydrogens (primary N) is 1. The van der Waals surface area contributed by atoms with E-state index in [-0.39, 0.29) is 6.04 Å². The summed E-state index contributed by atoms with van der Waals surface area (Å²) in [5.41, 5.74) is 4.60. The summed E-state index contributed by atoms with van der Waals surface area (Å²) in [7, 11) is 0. The predicted molar refractivity (Wildman–Crippen MR) is 36.0 cm³/mol. The number of alkyl halides is 1. The quantitative estimate of drug-likeness (QED) is 0.531. The van der Waals surface area contributed by atoms with Crippen LogP contribution in [-0.2, 0) is 0 Å². The molecule has 2 N–H and O–H groups in total. The molecule has 0 unspecified atom stereocenters. The van der Waals surface area contributed by atoms with Crippen LogP contribution in [0.25, 0.3) is 0 Å². The van der Waals surface area contributed by atoms with Gasteiger partial charge in [0.25, 0.3) is 0 Å². The van der Waals surface area contributed by atoms with Crippen LogP contribution in [0, 0.1) is 0 Å². The molecule has 54 valence electrons. The summed E-state index contributed by atoms with van der Waals surface area (Å²) in [6.07, 6.45) is 3.20. The van der Waals surface area contributed by atoms with Crippen LogP contribution in [0.1, 0.15) is 32.6 Å². The molecule has 0 radical (unpaired) electrons. The summed E-state index contributed by atoms with van der Waals surface area (Å²) in [4.78, 5) is 0. The molecule has 0 aromatic carbocycles. The van der Waals surface area contributed by atoms with Crippen LogP contribution in [0.5, 0.6) is 0 Å². The lowest BCUT2D eigenvalue weighted by Crippen LogP contribution is -2.35. The molecule has 9 heavy (non-hydrogen) atoms. The molecule has 0 aromatic heterocycles. The Morgan fingerprint density at radius 1 is 1.67 bits per heavy atom. The van der Waals surface area contributed by atoms with E-state index in [4.69, 9.17) is 5.73 Å². The summed E-state index contributed by atoms with van der Waals surface area (Å²) in [5.74, 6) is 0. The van der Waals surface area contributed by atoms with E-state index in [1.807, 2.05) is 0 Å². The third kappa shape index (κ3) is 1.94. The molecule has 0 aromatic rings. The van der Waals surface area contributed by atoms with Gasteiger partial charge in [-0.25, -0.2) is 4.39 Å². The van der Waals surface area contributed by atoms with Crippen molar-refractivity contribution in [2.24, 2.45) is 5.73 Å². The number of hydrogen-bond acceptors (Lipinski definition) is 1. The van der Waals surface area contributed by atoms with E-state index in [9.17, 15) is 4.39 Å². The molecular weight excluding hydrogens is 117 g/mol. The number of hydrogen-bond donors (Lipinski definition) is 1. The third-order valence-corrected chi connectivity index (χ3v) is 1.96. The summed E-state index contributed by atoms with van der Waals surface area (Å²) in [6.45, 7) is 1.64. The maximum Gasteiger partial charge on any atom is 0.109 e. The van der Waals surface area contributed by atoms with Crippen LogP contribution in [0.3, 0.4) is 0 Å². The fraction of sp³-hybridized carbons (Fsp3) is 1.00. The molecular formula is C7H14FN. The molecule has 1 saturated carbocycles. The van der Waals surface area contributed by atoms with Gasteiger partial charge in [-0.1, -0.05) is 0 Å². The first kappa shape index (κ1) is 7.00. The normalized spacial score (nSPS) is 45.0. The van der Waals surface area contributed by atoms with Gasteiger partial charge < -0.3 is 5.73 Å². The molecule has 0 aliphatic heterocycles. The minimum absolute atomic E-state index is 0.105. The SMILES string of the molecule is C[C@@]1(F)CCC[C@H](N)C1. The molecule has 1 nitrogen and oxygen atoms in total. The number of rotatable bonds is 0. The lowest BCUT2D eigenvalue weighted by Gasteiger charge is -2.29. The van der Waals surface area contributed by atoms with Gasteiger partial charge in [0.1, 0.15) is 5.67 Å². The summed E-state index contributed by atoms with van der Waals surface area (Å²) >= 11 is 0. The molecule has 0 heterocycles. The van der Waals surface area contributed by atoms with Crippen molar-refractivity contribution in [1.82, 2.24) is 0 Å². The second kappa shape index (κ2) is 2.25. The van der Waals surface area contributed by atoms with E-state index in [2.05, 4.69) is 0 Å². The van der Waals surface area contributed by atoms with Gasteiger partial charge in [-0.3, -0.25) is 0 Å². The van der Waals surface area contributed by atoms with Crippen LogP contribution in [-0.4, -0.2) is 11.7 Å². The van der Waals surface area contributed by atoms with Crippen molar-refractivity contribution in [3.63, 3.8) is 0 Å². The highest BCUT2D eigenvalue weighted by atomic mass is 19.1. The highest BCUT2D eigenvalue weighted by Gasteiger charge is 2.29. The standard InChI is InChI=1S/C7H14FN/c1-7(8)4-2-3-6(9)5-7/h6H,2-5,9H2,1H3/t6-,7+/m0/s1. The minimum Gasteiger partial charge on any atom is -0.328 e. The maximum atomic E-state index is 13.0. The molecule has 1 aliphatic carbocycles. The molecule has 0 saturated heterocycles. The molecule has 0 amide bonds. The largest absolute Gasteiger partial charge is 0.328 e. The van der Waals surface area contributed by atoms with Gasteiger partial charge in [-0.15, -0.1) is 0 Å². The van der Waals surface area contributed by atoms with E-state index in [0.717, 1.165) is 12.8 Å². The van der Waals surface area contributed by atoms with Gasteiger partial charge in [-0.2, -0.15) is 0 Å². The van der Waals surface area contributed by atoms with Crippen molar-refractivity contribution in [2.45, 2.75) is 44.3 Å². The first-order valence-electron chi connectivity index (χ1n) is 3.55. The second-order valence-corrected chi connectivity index (χ2v) is 3.27. The molecule has 0 bridgehead atoms. The Morgan fingerprint density at radius 2 is 2.33 bits per heavy atom. The zero-order chi connectivity index (χ0) is 6.91. The average molecular weight is 131 g/mol. The van der Waals surface area contributed by atoms with Crippen molar-refractivity contribution in [1.29, 1.82) is 0 Å². The van der Waals surface area contributed by atoms with Crippen molar-refractivity contribution >= 4 is 0 Å². The van der Waals surface area contributed by atoms with Gasteiger partial charge in [-0.05, 0) is 32.6 Å². The van der Waals surface area contributed by atoms with Crippen molar-refractivity contribution in [2.75, 3.05) is 0 Å². The van der Waals surface area contributed by atoms with Crippen LogP contribution in [0.2, 0.25) is 0 Å². The Kier molecular flexibility index (Phi) is 1.75. The van der Waals surface area contributed by atoms with Gasteiger partial charge >= 0.3 is 0 Å². The van der Waals surface area contributed by atoms with Crippen molar-refractivity contribution < 1.29 is 4.39 Å². The number of halogens is 1. The highest BCUT2D eigenvalue weighted by molar-refractivity contribution is 4.84. The zero-order valence-electron chi connectivity index (χ0n) is 5.86. The van der Waals surface area contributed by atoms with E-state index in [1.54, 1.807) is 6.92 Å². The van der Waals surface area contributed by atoms with E-state index in [1.165, 1.54) is 0 Å². The Balaban J connectivity index is 2.41. The lowest BCUT2D eigenvalue weighted by atomic mass is 9.85. The Labute approximate surface area is 55.4 Å². The zero-order valence-corrected chi connectivity index (χ0v) is 5.86. The first-order chi connectivity index (χ1) is 4.10. The molecule has 2 heteroatoms. The molecule has 1 aliphatic rings. The van der Waals surface area contributed by atoms with Crippen LogP contribution in [0.15, 0.2) is 0 Å². The maximum absolute atomic E-state index is 13.0. The minimum atomic E-state index is -0.975. The molecule has 2 atom stereocenters. The van der Waals surface area contributed by atoms with Gasteiger partial charge in [0.05, 0.1) is 0 Å². The fourth-order valence-electron chi connectivity index (χ4n) is 1.48. The fourth-order valence-corrected chi connectivity index (χ4v) is 1.48. The smallest absolute Gasteiger partial charge is 0.109 e. The highest BCUT2D eigenvalue weighted by Crippen LogP contribution is 2.30. The monoisotopic (exact) mass is 131 g/mol. The topological polar surface area (TPSA) is 26.0 Å². The lowest BCUT2D eigenvalue weighted by molar-refractivity contribution is 0.118. The van der Waals surface area contributed by atoms with Gasteiger partial charge in [0.2, 0.25) is 0 Å². The molecule has 1 fully saturated rings. The van der Waals surface area contributed by atoms with Crippen LogP contribution in [0.4, 0.5) is 4.39 Å². The molecule has 0 spiro atoms. The van der Waals surface area contributed by atoms with E-state index >= 15 is 0 Å². The van der Waals surface area contributed by atoms with Crippen molar-refractivity contribution in [3.8, 4) is 0 Å². The summed E-state index contributed by atoms with van der Waals surface area (Å²) < 4.78 is 13.0. The Bertz CT molecular complexity index is 101. The Morgan fingerprint density at radius 3 is 2.67 bits per heavy atom. The van der Waals surface area contributed by atoms with Crippen molar-refractivity contribution in [3.05, 3.63) is 0 Å².